The molecule has 126 valence electrons. The Bertz CT molecular complexity index is 655. The van der Waals surface area contributed by atoms with E-state index >= 15 is 0 Å². The molecule has 1 saturated heterocycles. The summed E-state index contributed by atoms with van der Waals surface area (Å²) >= 11 is 0. The lowest BCUT2D eigenvalue weighted by Gasteiger charge is -2.00. The molecule has 0 unspecified atom stereocenters. The number of hydrogen-bond donors (Lipinski definition) is 3. The molecule has 8 nitrogen and oxygen atoms in total. The Morgan fingerprint density at radius 1 is 1.46 bits per heavy atom. The molecule has 0 atom stereocenters. The molecule has 0 radical (unpaired) electrons. The summed E-state index contributed by atoms with van der Waals surface area (Å²) in [5, 5.41) is 17.7. The number of amides is 1. The van der Waals surface area contributed by atoms with Crippen LogP contribution in [0.4, 0.5) is 5.69 Å². The number of nitrogens with zero attached hydrogens (tertiary/aromatic N) is 4. The second-order valence-corrected chi connectivity index (χ2v) is 4.87. The minimum Gasteiger partial charge on any atom is -0.379 e. The minimum atomic E-state index is -0.454. The SMILES string of the molecule is CNC(=O)C(N)=NC=Nc1cccc(C=N)c1.N#CN1CCCC1. The van der Waals surface area contributed by atoms with Crippen molar-refractivity contribution in [2.24, 2.45) is 15.7 Å². The molecule has 1 aromatic carbocycles. The standard InChI is InChI=1S/C11H13N5O.C5H8N2/c1-14-11(17)10(13)16-7-15-9-4-2-3-8(5-9)6-12;6-5-7-3-1-2-4-7/h2-7,12H,1H3,(H,14,17)(H2,13,15,16);1-4H2. The molecular formula is C16H21N7O. The van der Waals surface area contributed by atoms with E-state index in [1.54, 1.807) is 29.2 Å². The van der Waals surface area contributed by atoms with Gasteiger partial charge in [-0.2, -0.15) is 5.26 Å². The van der Waals surface area contributed by atoms with Crippen molar-refractivity contribution in [2.75, 3.05) is 20.1 Å². The quantitative estimate of drug-likeness (QED) is 0.434. The molecule has 1 aliphatic rings. The smallest absolute Gasteiger partial charge is 0.286 e. The number of carbonyl (C=O) groups is 1. The minimum absolute atomic E-state index is 0.153. The lowest BCUT2D eigenvalue weighted by Crippen LogP contribution is -2.33. The second-order valence-electron chi connectivity index (χ2n) is 4.87. The number of likely N-dealkylation sites (N-methyl/N-ethyl adjacent to an activating group) is 1. The van der Waals surface area contributed by atoms with Crippen LogP contribution in [0.5, 0.6) is 0 Å². The third kappa shape index (κ3) is 6.70. The highest BCUT2D eigenvalue weighted by molar-refractivity contribution is 6.38. The average molecular weight is 327 g/mol. The predicted molar refractivity (Wildman–Crippen MR) is 94.6 cm³/mol. The van der Waals surface area contributed by atoms with E-state index in [9.17, 15) is 4.79 Å². The molecule has 0 bridgehead atoms. The van der Waals surface area contributed by atoms with E-state index in [0.717, 1.165) is 18.7 Å². The molecule has 0 saturated carbocycles. The average Bonchev–Trinajstić information content (AvgIpc) is 3.15. The van der Waals surface area contributed by atoms with Gasteiger partial charge in [-0.05, 0) is 30.5 Å². The summed E-state index contributed by atoms with van der Waals surface area (Å²) in [6.45, 7) is 1.97. The van der Waals surface area contributed by atoms with Gasteiger partial charge in [0.15, 0.2) is 12.0 Å². The van der Waals surface area contributed by atoms with Crippen LogP contribution < -0.4 is 11.1 Å². The molecule has 1 heterocycles. The van der Waals surface area contributed by atoms with Gasteiger partial charge in [0.2, 0.25) is 0 Å². The molecule has 0 spiro atoms. The lowest BCUT2D eigenvalue weighted by atomic mass is 10.2. The zero-order chi connectivity index (χ0) is 17.8. The maximum absolute atomic E-state index is 11.0. The molecule has 0 aliphatic carbocycles. The van der Waals surface area contributed by atoms with Crippen molar-refractivity contribution < 1.29 is 4.79 Å². The normalized spacial score (nSPS) is 13.8. The van der Waals surface area contributed by atoms with Crippen LogP contribution in [-0.4, -0.2) is 49.3 Å². The first kappa shape index (κ1) is 18.8. The molecule has 4 N–H and O–H groups in total. The topological polar surface area (TPSA) is 131 Å². The van der Waals surface area contributed by atoms with Crippen molar-refractivity contribution in [3.8, 4) is 6.19 Å². The number of rotatable bonds is 3. The summed E-state index contributed by atoms with van der Waals surface area (Å²) in [6, 6.07) is 7.04. The Labute approximate surface area is 141 Å². The van der Waals surface area contributed by atoms with Crippen LogP contribution in [-0.2, 0) is 4.79 Å². The molecule has 1 aliphatic heterocycles. The Balaban J connectivity index is 0.000000341. The number of hydrogen-bond acceptors (Lipinski definition) is 5. The van der Waals surface area contributed by atoms with Gasteiger partial charge in [0.1, 0.15) is 6.34 Å². The van der Waals surface area contributed by atoms with Gasteiger partial charge in [-0.25, -0.2) is 9.98 Å². The van der Waals surface area contributed by atoms with Crippen LogP contribution in [0.3, 0.4) is 0 Å². The molecule has 1 aromatic rings. The summed E-state index contributed by atoms with van der Waals surface area (Å²) in [5.74, 6) is -0.607. The highest BCUT2D eigenvalue weighted by Gasteiger charge is 2.06. The van der Waals surface area contributed by atoms with Crippen molar-refractivity contribution in [1.82, 2.24) is 10.2 Å². The monoisotopic (exact) mass is 327 g/mol. The number of likely N-dealkylation sites (tertiary alicyclic amines) is 1. The van der Waals surface area contributed by atoms with E-state index in [1.165, 1.54) is 32.4 Å². The summed E-state index contributed by atoms with van der Waals surface area (Å²) in [5.41, 5.74) is 6.74. The van der Waals surface area contributed by atoms with E-state index in [2.05, 4.69) is 21.5 Å². The lowest BCUT2D eigenvalue weighted by molar-refractivity contribution is -0.114. The van der Waals surface area contributed by atoms with E-state index in [1.807, 2.05) is 0 Å². The van der Waals surface area contributed by atoms with Gasteiger partial charge < -0.3 is 21.4 Å². The number of nitrogens with one attached hydrogen (secondary N) is 2. The van der Waals surface area contributed by atoms with E-state index < -0.39 is 5.91 Å². The van der Waals surface area contributed by atoms with Gasteiger partial charge in [-0.15, -0.1) is 0 Å². The van der Waals surface area contributed by atoms with Gasteiger partial charge in [-0.1, -0.05) is 12.1 Å². The Hall–Kier alpha value is -3.21. The summed E-state index contributed by atoms with van der Waals surface area (Å²) < 4.78 is 0. The molecule has 1 fully saturated rings. The van der Waals surface area contributed by atoms with E-state index in [-0.39, 0.29) is 5.84 Å². The van der Waals surface area contributed by atoms with Crippen LogP contribution in [0, 0.1) is 16.9 Å². The fraction of sp³-hybridized carbons (Fsp3) is 0.312. The first-order valence-electron chi connectivity index (χ1n) is 7.43. The maximum Gasteiger partial charge on any atom is 0.286 e. The molecule has 0 aromatic heterocycles. The summed E-state index contributed by atoms with van der Waals surface area (Å²) in [6.07, 6.45) is 6.93. The van der Waals surface area contributed by atoms with Crippen molar-refractivity contribution >= 4 is 30.0 Å². The second kappa shape index (κ2) is 10.5. The van der Waals surface area contributed by atoms with Crippen LogP contribution in [0.25, 0.3) is 0 Å². The Morgan fingerprint density at radius 3 is 2.71 bits per heavy atom. The highest BCUT2D eigenvalue weighted by Crippen LogP contribution is 2.11. The van der Waals surface area contributed by atoms with E-state index in [0.29, 0.717) is 5.69 Å². The van der Waals surface area contributed by atoms with Crippen molar-refractivity contribution in [3.63, 3.8) is 0 Å². The van der Waals surface area contributed by atoms with Crippen LogP contribution in [0.15, 0.2) is 34.3 Å². The first-order chi connectivity index (χ1) is 11.6. The molecule has 24 heavy (non-hydrogen) atoms. The Kier molecular flexibility index (Phi) is 8.25. The van der Waals surface area contributed by atoms with Crippen LogP contribution >= 0.6 is 0 Å². The number of benzene rings is 1. The number of carbonyl (C=O) groups excluding carboxylic acids is 1. The fourth-order valence-electron chi connectivity index (χ4n) is 1.86. The van der Waals surface area contributed by atoms with Crippen LogP contribution in [0.2, 0.25) is 0 Å². The van der Waals surface area contributed by atoms with Gasteiger partial charge in [-0.3, -0.25) is 4.79 Å². The highest BCUT2D eigenvalue weighted by atomic mass is 16.2. The number of nitriles is 1. The summed E-state index contributed by atoms with van der Waals surface area (Å²) in [4.78, 5) is 20.5. The number of amidine groups is 1. The molecular weight excluding hydrogens is 306 g/mol. The summed E-state index contributed by atoms with van der Waals surface area (Å²) in [7, 11) is 1.47. The van der Waals surface area contributed by atoms with Crippen molar-refractivity contribution in [1.29, 1.82) is 10.7 Å². The molecule has 8 heteroatoms. The molecule has 1 amide bonds. The van der Waals surface area contributed by atoms with Gasteiger partial charge in [0.05, 0.1) is 5.69 Å². The zero-order valence-electron chi connectivity index (χ0n) is 13.6. The first-order valence-corrected chi connectivity index (χ1v) is 7.43. The number of aliphatic imine (C=N–C) groups is 2. The maximum atomic E-state index is 11.0. The van der Waals surface area contributed by atoms with Gasteiger partial charge >= 0.3 is 0 Å². The largest absolute Gasteiger partial charge is 0.379 e. The van der Waals surface area contributed by atoms with Gasteiger partial charge in [0, 0.05) is 26.4 Å². The van der Waals surface area contributed by atoms with E-state index in [4.69, 9.17) is 16.4 Å². The third-order valence-electron chi connectivity index (χ3n) is 3.15. The predicted octanol–water partition coefficient (Wildman–Crippen LogP) is 1.01. The van der Waals surface area contributed by atoms with Crippen molar-refractivity contribution in [3.05, 3.63) is 29.8 Å². The van der Waals surface area contributed by atoms with Crippen molar-refractivity contribution in [2.45, 2.75) is 12.8 Å². The number of nitrogens with two attached hydrogens (primary N) is 1. The van der Waals surface area contributed by atoms with Crippen LogP contribution in [0.1, 0.15) is 18.4 Å². The third-order valence-corrected chi connectivity index (χ3v) is 3.15. The zero-order valence-corrected chi connectivity index (χ0v) is 13.6. The van der Waals surface area contributed by atoms with Gasteiger partial charge in [0.25, 0.3) is 5.91 Å². The Morgan fingerprint density at radius 2 is 2.17 bits per heavy atom. The molecule has 2 rings (SSSR count). The fourth-order valence-corrected chi connectivity index (χ4v) is 1.86.